The number of phosphoric ester groups is 2. The van der Waals surface area contributed by atoms with E-state index in [9.17, 15) is 43.2 Å². The average molecular weight is 1480 g/mol. The average Bonchev–Trinajstić information content (AvgIpc) is 0.935. The normalized spacial score (nSPS) is 14.1. The van der Waals surface area contributed by atoms with Crippen LogP contribution < -0.4 is 0 Å². The van der Waals surface area contributed by atoms with E-state index in [-0.39, 0.29) is 25.7 Å². The summed E-state index contributed by atoms with van der Waals surface area (Å²) in [5.74, 6) is -1.23. The van der Waals surface area contributed by atoms with Crippen LogP contribution in [0.4, 0.5) is 0 Å². The van der Waals surface area contributed by atoms with E-state index in [4.69, 9.17) is 37.0 Å². The minimum absolute atomic E-state index is 0.108. The molecule has 0 rings (SSSR count). The van der Waals surface area contributed by atoms with Crippen molar-refractivity contribution in [1.29, 1.82) is 0 Å². The van der Waals surface area contributed by atoms with Gasteiger partial charge in [-0.25, -0.2) is 9.13 Å². The van der Waals surface area contributed by atoms with E-state index >= 15 is 0 Å². The topological polar surface area (TPSA) is 237 Å². The predicted molar refractivity (Wildman–Crippen MR) is 414 cm³/mol. The summed E-state index contributed by atoms with van der Waals surface area (Å²) in [5.41, 5.74) is 0. The lowest BCUT2D eigenvalue weighted by Gasteiger charge is -2.21. The molecule has 0 spiro atoms. The maximum atomic E-state index is 13.1. The molecule has 6 atom stereocenters. The van der Waals surface area contributed by atoms with Gasteiger partial charge in [-0.15, -0.1) is 0 Å². The zero-order valence-corrected chi connectivity index (χ0v) is 67.8. The fourth-order valence-corrected chi connectivity index (χ4v) is 14.3. The second kappa shape index (κ2) is 74.9. The minimum atomic E-state index is -4.96. The lowest BCUT2D eigenvalue weighted by Crippen LogP contribution is -2.30. The van der Waals surface area contributed by atoms with Gasteiger partial charge in [0, 0.05) is 25.7 Å². The van der Waals surface area contributed by atoms with Crippen LogP contribution in [-0.4, -0.2) is 96.7 Å². The zero-order chi connectivity index (χ0) is 74.1. The van der Waals surface area contributed by atoms with Gasteiger partial charge in [-0.05, 0) is 31.6 Å². The van der Waals surface area contributed by atoms with Crippen molar-refractivity contribution < 1.29 is 80.2 Å². The van der Waals surface area contributed by atoms with Gasteiger partial charge in [0.05, 0.1) is 26.4 Å². The first-order valence-electron chi connectivity index (χ1n) is 42.7. The quantitative estimate of drug-likeness (QED) is 0.0222. The molecule has 19 heteroatoms. The molecular weight excluding hydrogens is 1320 g/mol. The van der Waals surface area contributed by atoms with Gasteiger partial charge in [0.25, 0.3) is 0 Å². The number of unbranched alkanes of at least 4 members (excludes halogenated alkanes) is 53. The van der Waals surface area contributed by atoms with E-state index in [2.05, 4.69) is 34.6 Å². The third kappa shape index (κ3) is 74.7. The molecule has 3 N–H and O–H groups in total. The molecule has 0 fully saturated rings. The molecule has 0 aliphatic heterocycles. The summed E-state index contributed by atoms with van der Waals surface area (Å²) in [7, 11) is -9.92. The molecule has 0 aromatic rings. The molecule has 0 aromatic carbocycles. The SMILES string of the molecule is CCCCCCCCCCCCCCCCCC(=O)OC[C@H](COP(=O)(O)OC[C@@H](O)COP(=O)(O)OC[C@@H](COC(=O)CCCCCCCCCCCCCC)OC(=O)CCCCCCCCCCCCCC)OC(=O)CCCCCCCCCCCCCCCCCCCCC(C)CC. The van der Waals surface area contributed by atoms with Crippen LogP contribution in [0.5, 0.6) is 0 Å². The second-order valence-corrected chi connectivity index (χ2v) is 32.7. The number of esters is 4. The van der Waals surface area contributed by atoms with Gasteiger partial charge in [0.1, 0.15) is 19.3 Å². The summed E-state index contributed by atoms with van der Waals surface area (Å²) >= 11 is 0. The Morgan fingerprint density at radius 1 is 0.277 bits per heavy atom. The van der Waals surface area contributed by atoms with E-state index < -0.39 is 97.5 Å². The number of hydrogen-bond donors (Lipinski definition) is 3. The third-order valence-corrected chi connectivity index (χ3v) is 21.5. The molecule has 600 valence electrons. The van der Waals surface area contributed by atoms with Gasteiger partial charge in [-0.2, -0.15) is 0 Å². The van der Waals surface area contributed by atoms with Crippen LogP contribution in [0, 0.1) is 5.92 Å². The summed E-state index contributed by atoms with van der Waals surface area (Å²) in [6.45, 7) is 7.41. The summed E-state index contributed by atoms with van der Waals surface area (Å²) in [6.07, 6.45) is 66.4. The molecule has 0 aromatic heterocycles. The Hall–Kier alpha value is -1.94. The molecule has 0 aliphatic rings. The van der Waals surface area contributed by atoms with Crippen LogP contribution in [0.1, 0.15) is 439 Å². The lowest BCUT2D eigenvalue weighted by molar-refractivity contribution is -0.161. The van der Waals surface area contributed by atoms with Gasteiger partial charge in [-0.3, -0.25) is 37.3 Å². The molecule has 0 amide bonds. The highest BCUT2D eigenvalue weighted by Crippen LogP contribution is 2.45. The highest BCUT2D eigenvalue weighted by molar-refractivity contribution is 7.47. The second-order valence-electron chi connectivity index (χ2n) is 29.8. The Bertz CT molecular complexity index is 1930. The van der Waals surface area contributed by atoms with Crippen molar-refractivity contribution >= 4 is 39.5 Å². The fourth-order valence-electron chi connectivity index (χ4n) is 12.7. The predicted octanol–water partition coefficient (Wildman–Crippen LogP) is 24.8. The molecule has 0 radical (unpaired) electrons. The molecule has 0 heterocycles. The first kappa shape index (κ1) is 99.1. The van der Waals surface area contributed by atoms with E-state index in [1.165, 1.54) is 263 Å². The first-order valence-corrected chi connectivity index (χ1v) is 45.7. The largest absolute Gasteiger partial charge is 0.472 e. The van der Waals surface area contributed by atoms with E-state index in [0.717, 1.165) is 95.8 Å². The third-order valence-electron chi connectivity index (χ3n) is 19.6. The number of hydrogen-bond acceptors (Lipinski definition) is 15. The molecule has 0 saturated carbocycles. The van der Waals surface area contributed by atoms with Crippen LogP contribution in [0.25, 0.3) is 0 Å². The first-order chi connectivity index (χ1) is 49.1. The smallest absolute Gasteiger partial charge is 0.462 e. The number of phosphoric acid groups is 2. The molecule has 17 nitrogen and oxygen atoms in total. The summed E-state index contributed by atoms with van der Waals surface area (Å²) in [5, 5.41) is 10.6. The van der Waals surface area contributed by atoms with Crippen molar-refractivity contribution in [1.82, 2.24) is 0 Å². The summed E-state index contributed by atoms with van der Waals surface area (Å²) in [6, 6.07) is 0. The molecule has 0 saturated heterocycles. The van der Waals surface area contributed by atoms with Crippen molar-refractivity contribution in [3.8, 4) is 0 Å². The Labute approximate surface area is 619 Å². The number of carbonyl (C=O) groups is 4. The van der Waals surface area contributed by atoms with Crippen LogP contribution in [0.2, 0.25) is 0 Å². The fraction of sp³-hybridized carbons (Fsp3) is 0.951. The van der Waals surface area contributed by atoms with Crippen molar-refractivity contribution in [3.05, 3.63) is 0 Å². The number of rotatable bonds is 82. The van der Waals surface area contributed by atoms with Crippen LogP contribution in [0.3, 0.4) is 0 Å². The maximum absolute atomic E-state index is 13.1. The summed E-state index contributed by atoms with van der Waals surface area (Å²) < 4.78 is 68.7. The molecule has 0 bridgehead atoms. The standard InChI is InChI=1S/C82H160O17P2/c1-6-10-13-16-19-22-25-28-33-37-42-46-51-56-61-66-80(85)93-72-78(99-82(87)68-63-58-53-48-43-38-35-32-30-29-31-34-36-39-44-49-54-59-64-75(5)9-4)74-97-101(90,91)95-70-76(83)69-94-100(88,89)96-73-77(98-81(86)67-62-57-52-47-41-27-24-21-18-15-12-8-3)71-92-79(84)65-60-55-50-45-40-26-23-20-17-14-11-7-2/h75-78,83H,6-74H2,1-5H3,(H,88,89)(H,90,91)/t75?,76-,77+,78+/m0/s1. The van der Waals surface area contributed by atoms with Crippen molar-refractivity contribution in [3.63, 3.8) is 0 Å². The molecule has 0 aliphatic carbocycles. The number of aliphatic hydroxyl groups is 1. The molecular formula is C82H160O17P2. The number of ether oxygens (including phenoxy) is 4. The van der Waals surface area contributed by atoms with Gasteiger partial charge in [0.2, 0.25) is 0 Å². The van der Waals surface area contributed by atoms with Crippen LogP contribution in [-0.2, 0) is 65.4 Å². The highest BCUT2D eigenvalue weighted by Gasteiger charge is 2.30. The molecule has 3 unspecified atom stereocenters. The monoisotopic (exact) mass is 1480 g/mol. The molecule has 101 heavy (non-hydrogen) atoms. The lowest BCUT2D eigenvalue weighted by atomic mass is 9.99. The van der Waals surface area contributed by atoms with Gasteiger partial charge in [0.15, 0.2) is 12.2 Å². The summed E-state index contributed by atoms with van der Waals surface area (Å²) in [4.78, 5) is 73.0. The Morgan fingerprint density at radius 2 is 0.475 bits per heavy atom. The zero-order valence-electron chi connectivity index (χ0n) is 66.1. The van der Waals surface area contributed by atoms with Gasteiger partial charge < -0.3 is 33.8 Å². The van der Waals surface area contributed by atoms with Gasteiger partial charge in [-0.1, -0.05) is 388 Å². The number of carbonyl (C=O) groups excluding carboxylic acids is 4. The van der Waals surface area contributed by atoms with Crippen molar-refractivity contribution in [2.24, 2.45) is 5.92 Å². The maximum Gasteiger partial charge on any atom is 0.472 e. The van der Waals surface area contributed by atoms with Crippen LogP contribution >= 0.6 is 15.6 Å². The Morgan fingerprint density at radius 3 is 0.703 bits per heavy atom. The Kier molecular flexibility index (Phi) is 73.5. The van der Waals surface area contributed by atoms with E-state index in [1.54, 1.807) is 0 Å². The van der Waals surface area contributed by atoms with Crippen molar-refractivity contribution in [2.45, 2.75) is 457 Å². The number of aliphatic hydroxyl groups excluding tert-OH is 1. The highest BCUT2D eigenvalue weighted by atomic mass is 31.2. The van der Waals surface area contributed by atoms with Gasteiger partial charge >= 0.3 is 39.5 Å². The minimum Gasteiger partial charge on any atom is -0.462 e. The van der Waals surface area contributed by atoms with E-state index in [1.807, 2.05) is 0 Å². The Balaban J connectivity index is 5.21. The van der Waals surface area contributed by atoms with Crippen molar-refractivity contribution in [2.75, 3.05) is 39.6 Å². The van der Waals surface area contributed by atoms with Crippen LogP contribution in [0.15, 0.2) is 0 Å². The van der Waals surface area contributed by atoms with E-state index in [0.29, 0.717) is 25.7 Å².